The Balaban J connectivity index is 1.77. The average molecular weight is 281 g/mol. The molecule has 2 atom stereocenters. The molecule has 1 heterocycles. The van der Waals surface area contributed by atoms with E-state index in [1.165, 1.54) is 23.5 Å². The minimum absolute atomic E-state index is 0.312. The normalized spacial score (nSPS) is 14.3. The molecule has 0 aliphatic carbocycles. The zero-order valence-corrected chi connectivity index (χ0v) is 11.1. The van der Waals surface area contributed by atoms with E-state index in [4.69, 9.17) is 0 Å². The predicted molar refractivity (Wildman–Crippen MR) is 73.5 cm³/mol. The number of nitrogens with one attached hydrogen (secondary N) is 1. The molecular weight excluding hydrogens is 265 g/mol. The van der Waals surface area contributed by atoms with Gasteiger partial charge in [-0.15, -0.1) is 0 Å². The molecule has 3 nitrogen and oxygen atoms in total. The Hall–Kier alpha value is -1.27. The van der Waals surface area contributed by atoms with Gasteiger partial charge >= 0.3 is 0 Å². The van der Waals surface area contributed by atoms with Crippen LogP contribution in [-0.2, 0) is 0 Å². The van der Waals surface area contributed by atoms with Crippen LogP contribution >= 0.6 is 11.3 Å². The van der Waals surface area contributed by atoms with Gasteiger partial charge in [-0.2, -0.15) is 11.3 Å². The zero-order chi connectivity index (χ0) is 13.7. The molecule has 0 aliphatic heterocycles. The smallest absolute Gasteiger partial charge is 0.123 e. The molecule has 19 heavy (non-hydrogen) atoms. The van der Waals surface area contributed by atoms with Crippen molar-refractivity contribution in [3.63, 3.8) is 0 Å². The van der Waals surface area contributed by atoms with Crippen molar-refractivity contribution >= 4 is 11.3 Å². The van der Waals surface area contributed by atoms with Gasteiger partial charge in [0.1, 0.15) is 5.82 Å². The van der Waals surface area contributed by atoms with Gasteiger partial charge in [-0.3, -0.25) is 0 Å². The first-order valence-electron chi connectivity index (χ1n) is 6.01. The van der Waals surface area contributed by atoms with E-state index in [-0.39, 0.29) is 5.82 Å². The summed E-state index contributed by atoms with van der Waals surface area (Å²) < 4.78 is 12.7. The van der Waals surface area contributed by atoms with Crippen LogP contribution in [0, 0.1) is 5.82 Å². The van der Waals surface area contributed by atoms with Crippen LogP contribution in [0.4, 0.5) is 4.39 Å². The fraction of sp³-hybridized carbons (Fsp3) is 0.286. The van der Waals surface area contributed by atoms with Crippen molar-refractivity contribution in [2.75, 3.05) is 13.1 Å². The van der Waals surface area contributed by atoms with E-state index >= 15 is 0 Å². The summed E-state index contributed by atoms with van der Waals surface area (Å²) in [5.41, 5.74) is 1.52. The summed E-state index contributed by atoms with van der Waals surface area (Å²) in [4.78, 5) is 0. The first kappa shape index (κ1) is 14.1. The highest BCUT2D eigenvalue weighted by Gasteiger charge is 2.10. The highest BCUT2D eigenvalue weighted by molar-refractivity contribution is 7.07. The molecule has 0 bridgehead atoms. The molecule has 1 aromatic carbocycles. The Morgan fingerprint density at radius 1 is 1.00 bits per heavy atom. The Kier molecular flexibility index (Phi) is 5.04. The summed E-state index contributed by atoms with van der Waals surface area (Å²) in [6.07, 6.45) is -1.29. The number of aliphatic hydroxyl groups excluding tert-OH is 2. The molecule has 0 aliphatic rings. The van der Waals surface area contributed by atoms with Gasteiger partial charge in [0.15, 0.2) is 0 Å². The van der Waals surface area contributed by atoms with Crippen LogP contribution in [0.2, 0.25) is 0 Å². The maximum absolute atomic E-state index is 12.7. The van der Waals surface area contributed by atoms with Gasteiger partial charge in [-0.05, 0) is 40.1 Å². The fourth-order valence-electron chi connectivity index (χ4n) is 1.74. The maximum Gasteiger partial charge on any atom is 0.123 e. The SMILES string of the molecule is OC(CNCC(O)c1ccsc1)c1ccc(F)cc1. The summed E-state index contributed by atoms with van der Waals surface area (Å²) in [5.74, 6) is -0.322. The van der Waals surface area contributed by atoms with Gasteiger partial charge in [0.05, 0.1) is 12.2 Å². The number of rotatable bonds is 6. The first-order chi connectivity index (χ1) is 9.16. The molecule has 0 fully saturated rings. The third-order valence-corrected chi connectivity index (χ3v) is 3.56. The van der Waals surface area contributed by atoms with Crippen LogP contribution in [0.5, 0.6) is 0 Å². The standard InChI is InChI=1S/C14H16FNO2S/c15-12-3-1-10(2-4-12)13(17)7-16-8-14(18)11-5-6-19-9-11/h1-6,9,13-14,16-18H,7-8H2. The van der Waals surface area contributed by atoms with Crippen LogP contribution in [0.1, 0.15) is 23.3 Å². The third kappa shape index (κ3) is 4.11. The Labute approximate surface area is 115 Å². The number of aliphatic hydroxyl groups is 2. The quantitative estimate of drug-likeness (QED) is 0.761. The highest BCUT2D eigenvalue weighted by atomic mass is 32.1. The van der Waals surface area contributed by atoms with Gasteiger partial charge < -0.3 is 15.5 Å². The lowest BCUT2D eigenvalue weighted by Gasteiger charge is -2.14. The average Bonchev–Trinajstić information content (AvgIpc) is 2.93. The zero-order valence-electron chi connectivity index (χ0n) is 10.3. The third-order valence-electron chi connectivity index (χ3n) is 2.86. The lowest BCUT2D eigenvalue weighted by Crippen LogP contribution is -2.26. The molecule has 0 saturated carbocycles. The van der Waals surface area contributed by atoms with E-state index in [0.717, 1.165) is 5.56 Å². The molecule has 102 valence electrons. The lowest BCUT2D eigenvalue weighted by molar-refractivity contribution is 0.147. The van der Waals surface area contributed by atoms with Crippen molar-refractivity contribution in [1.82, 2.24) is 5.32 Å². The topological polar surface area (TPSA) is 52.5 Å². The van der Waals surface area contributed by atoms with Crippen molar-refractivity contribution in [3.05, 3.63) is 58.0 Å². The summed E-state index contributed by atoms with van der Waals surface area (Å²) >= 11 is 1.53. The number of hydrogen-bond donors (Lipinski definition) is 3. The van der Waals surface area contributed by atoms with Crippen LogP contribution in [0.15, 0.2) is 41.1 Å². The van der Waals surface area contributed by atoms with Crippen LogP contribution < -0.4 is 5.32 Å². The molecule has 1 aromatic heterocycles. The molecular formula is C14H16FNO2S. The Morgan fingerprint density at radius 2 is 1.63 bits per heavy atom. The summed E-state index contributed by atoms with van der Waals surface area (Å²) in [7, 11) is 0. The minimum Gasteiger partial charge on any atom is -0.387 e. The molecule has 0 saturated heterocycles. The number of halogens is 1. The van der Waals surface area contributed by atoms with Crippen LogP contribution in [0.3, 0.4) is 0 Å². The minimum atomic E-state index is -0.713. The van der Waals surface area contributed by atoms with Crippen molar-refractivity contribution in [2.24, 2.45) is 0 Å². The molecule has 2 aromatic rings. The number of benzene rings is 1. The number of thiophene rings is 1. The second kappa shape index (κ2) is 6.77. The second-order valence-electron chi connectivity index (χ2n) is 4.30. The van der Waals surface area contributed by atoms with E-state index in [9.17, 15) is 14.6 Å². The van der Waals surface area contributed by atoms with Gasteiger partial charge in [0.25, 0.3) is 0 Å². The van der Waals surface area contributed by atoms with E-state index in [2.05, 4.69) is 5.32 Å². The fourth-order valence-corrected chi connectivity index (χ4v) is 2.45. The van der Waals surface area contributed by atoms with E-state index < -0.39 is 12.2 Å². The van der Waals surface area contributed by atoms with Crippen LogP contribution in [-0.4, -0.2) is 23.3 Å². The van der Waals surface area contributed by atoms with Crippen molar-refractivity contribution in [2.45, 2.75) is 12.2 Å². The molecule has 0 radical (unpaired) electrons. The molecule has 0 amide bonds. The molecule has 3 N–H and O–H groups in total. The van der Waals surface area contributed by atoms with E-state index in [1.54, 1.807) is 12.1 Å². The summed E-state index contributed by atoms with van der Waals surface area (Å²) in [6.45, 7) is 0.682. The van der Waals surface area contributed by atoms with Gasteiger partial charge in [0.2, 0.25) is 0 Å². The Bertz CT molecular complexity index is 487. The monoisotopic (exact) mass is 281 g/mol. The van der Waals surface area contributed by atoms with E-state index in [0.29, 0.717) is 18.7 Å². The summed E-state index contributed by atoms with van der Waals surface area (Å²) in [6, 6.07) is 7.61. The van der Waals surface area contributed by atoms with Gasteiger partial charge in [-0.1, -0.05) is 12.1 Å². The lowest BCUT2D eigenvalue weighted by atomic mass is 10.1. The van der Waals surface area contributed by atoms with Crippen molar-refractivity contribution < 1.29 is 14.6 Å². The maximum atomic E-state index is 12.7. The molecule has 2 rings (SSSR count). The van der Waals surface area contributed by atoms with Crippen molar-refractivity contribution in [1.29, 1.82) is 0 Å². The predicted octanol–water partition coefficient (Wildman–Crippen LogP) is 2.24. The Morgan fingerprint density at radius 3 is 2.21 bits per heavy atom. The molecule has 5 heteroatoms. The molecule has 2 unspecified atom stereocenters. The molecule has 0 spiro atoms. The van der Waals surface area contributed by atoms with Crippen LogP contribution in [0.25, 0.3) is 0 Å². The first-order valence-corrected chi connectivity index (χ1v) is 6.95. The van der Waals surface area contributed by atoms with Gasteiger partial charge in [-0.25, -0.2) is 4.39 Å². The van der Waals surface area contributed by atoms with E-state index in [1.807, 2.05) is 16.8 Å². The largest absolute Gasteiger partial charge is 0.387 e. The highest BCUT2D eigenvalue weighted by Crippen LogP contribution is 2.16. The second-order valence-corrected chi connectivity index (χ2v) is 5.08. The number of hydrogen-bond acceptors (Lipinski definition) is 4. The van der Waals surface area contributed by atoms with Gasteiger partial charge in [0, 0.05) is 13.1 Å². The summed E-state index contributed by atoms with van der Waals surface area (Å²) in [5, 5.41) is 26.5. The van der Waals surface area contributed by atoms with Crippen molar-refractivity contribution in [3.8, 4) is 0 Å².